The van der Waals surface area contributed by atoms with Crippen molar-refractivity contribution in [3.8, 4) is 5.75 Å². The number of sulfonamides is 1. The molecule has 0 radical (unpaired) electrons. The molecular formula is C25H26BrN5O6S. The van der Waals surface area contributed by atoms with Crippen molar-refractivity contribution in [1.82, 2.24) is 15.0 Å². The van der Waals surface area contributed by atoms with Gasteiger partial charge >= 0.3 is 11.8 Å². The van der Waals surface area contributed by atoms with Crippen LogP contribution in [0.3, 0.4) is 0 Å². The summed E-state index contributed by atoms with van der Waals surface area (Å²) in [5.74, 6) is -0.156. The number of piperazine rings is 1. The van der Waals surface area contributed by atoms with Gasteiger partial charge in [0, 0.05) is 30.7 Å². The monoisotopic (exact) mass is 603 g/mol. The largest absolute Gasteiger partial charge is 0.495 e. The Bertz CT molecular complexity index is 1420. The van der Waals surface area contributed by atoms with E-state index in [0.717, 1.165) is 15.9 Å². The van der Waals surface area contributed by atoms with Gasteiger partial charge in [0.15, 0.2) is 0 Å². The fraction of sp³-hybridized carbons (Fsp3) is 0.240. The lowest BCUT2D eigenvalue weighted by molar-refractivity contribution is -0.146. The van der Waals surface area contributed by atoms with Gasteiger partial charge in [-0.2, -0.15) is 5.10 Å². The van der Waals surface area contributed by atoms with Crippen molar-refractivity contribution in [2.75, 3.05) is 38.2 Å². The molecule has 1 aliphatic heterocycles. The highest BCUT2D eigenvalue weighted by Crippen LogP contribution is 2.28. The Hall–Kier alpha value is -3.68. The molecule has 1 fully saturated rings. The molecule has 0 aliphatic carbocycles. The summed E-state index contributed by atoms with van der Waals surface area (Å²) in [6.45, 7) is 1.81. The SMILES string of the molecule is COc1ccccc1N1CCN(C(=O)C(=O)N/N=C/c2ccc(CNS(=O)(=O)c3ccc(Br)cc3)o2)CC1. The lowest BCUT2D eigenvalue weighted by Crippen LogP contribution is -2.52. The topological polar surface area (TPSA) is 134 Å². The van der Waals surface area contributed by atoms with Crippen LogP contribution >= 0.6 is 15.9 Å². The molecule has 1 aromatic heterocycles. The number of hydrogen-bond acceptors (Lipinski definition) is 8. The number of amides is 2. The molecule has 1 saturated heterocycles. The van der Waals surface area contributed by atoms with E-state index in [2.05, 4.69) is 36.1 Å². The average molecular weight is 604 g/mol. The Labute approximate surface area is 228 Å². The summed E-state index contributed by atoms with van der Waals surface area (Å²) in [5.41, 5.74) is 3.15. The molecule has 2 heterocycles. The number of hydrogen-bond donors (Lipinski definition) is 2. The molecule has 2 amide bonds. The predicted molar refractivity (Wildman–Crippen MR) is 144 cm³/mol. The number of halogens is 1. The van der Waals surface area contributed by atoms with Gasteiger partial charge in [-0.25, -0.2) is 18.6 Å². The first-order chi connectivity index (χ1) is 18.3. The van der Waals surface area contributed by atoms with E-state index in [1.165, 1.54) is 23.2 Å². The van der Waals surface area contributed by atoms with Gasteiger partial charge in [0.05, 0.1) is 30.5 Å². The van der Waals surface area contributed by atoms with Crippen molar-refractivity contribution in [2.45, 2.75) is 11.4 Å². The van der Waals surface area contributed by atoms with Crippen LogP contribution in [-0.4, -0.2) is 64.6 Å². The summed E-state index contributed by atoms with van der Waals surface area (Å²) in [6, 6.07) is 17.0. The van der Waals surface area contributed by atoms with E-state index in [1.807, 2.05) is 24.3 Å². The highest BCUT2D eigenvalue weighted by Gasteiger charge is 2.27. The number of carbonyl (C=O) groups excluding carboxylic acids is 2. The number of anilines is 1. The summed E-state index contributed by atoms with van der Waals surface area (Å²) in [5, 5.41) is 3.78. The van der Waals surface area contributed by atoms with Gasteiger partial charge in [-0.15, -0.1) is 0 Å². The molecule has 0 bridgehead atoms. The standard InChI is InChI=1S/C25H26BrN5O6S/c1-36-23-5-3-2-4-22(23)30-12-14-31(15-13-30)25(33)24(32)29-27-16-19-8-9-20(37-19)17-28-38(34,35)21-10-6-18(26)7-11-21/h2-11,16,28H,12-15,17H2,1H3,(H,29,32)/b27-16+. The number of furan rings is 1. The molecule has 200 valence electrons. The number of hydrazone groups is 1. The maximum atomic E-state index is 12.5. The van der Waals surface area contributed by atoms with Crippen LogP contribution in [0, 0.1) is 0 Å². The van der Waals surface area contributed by atoms with E-state index in [4.69, 9.17) is 9.15 Å². The minimum Gasteiger partial charge on any atom is -0.495 e. The normalized spacial score (nSPS) is 14.1. The molecule has 0 unspecified atom stereocenters. The zero-order chi connectivity index (χ0) is 27.1. The van der Waals surface area contributed by atoms with Crippen molar-refractivity contribution < 1.29 is 27.2 Å². The molecule has 2 aromatic carbocycles. The zero-order valence-corrected chi connectivity index (χ0v) is 22.9. The van der Waals surface area contributed by atoms with Crippen LogP contribution in [0.1, 0.15) is 11.5 Å². The zero-order valence-electron chi connectivity index (χ0n) is 20.5. The molecule has 13 heteroatoms. The Balaban J connectivity index is 1.24. The van der Waals surface area contributed by atoms with Crippen LogP contribution in [0.2, 0.25) is 0 Å². The smallest absolute Gasteiger partial charge is 0.329 e. The minimum absolute atomic E-state index is 0.0715. The fourth-order valence-corrected chi connectivity index (χ4v) is 5.07. The van der Waals surface area contributed by atoms with Gasteiger partial charge < -0.3 is 19.0 Å². The molecule has 0 spiro atoms. The number of carbonyl (C=O) groups is 2. The van der Waals surface area contributed by atoms with Gasteiger partial charge in [-0.1, -0.05) is 28.1 Å². The Morgan fingerprint density at radius 1 is 1.05 bits per heavy atom. The highest BCUT2D eigenvalue weighted by molar-refractivity contribution is 9.10. The van der Waals surface area contributed by atoms with Crippen molar-refractivity contribution in [3.63, 3.8) is 0 Å². The third-order valence-corrected chi connectivity index (χ3v) is 7.73. The lowest BCUT2D eigenvalue weighted by Gasteiger charge is -2.36. The molecule has 2 N–H and O–H groups in total. The summed E-state index contributed by atoms with van der Waals surface area (Å²) >= 11 is 3.27. The van der Waals surface area contributed by atoms with Gasteiger partial charge in [0.25, 0.3) is 0 Å². The fourth-order valence-electron chi connectivity index (χ4n) is 3.81. The van der Waals surface area contributed by atoms with E-state index in [9.17, 15) is 18.0 Å². The van der Waals surface area contributed by atoms with Gasteiger partial charge in [0.2, 0.25) is 10.0 Å². The number of ether oxygens (including phenoxy) is 1. The van der Waals surface area contributed by atoms with E-state index in [-0.39, 0.29) is 17.2 Å². The predicted octanol–water partition coefficient (Wildman–Crippen LogP) is 2.33. The minimum atomic E-state index is -3.71. The van der Waals surface area contributed by atoms with E-state index >= 15 is 0 Å². The van der Waals surface area contributed by atoms with Crippen LogP contribution in [0.15, 0.2) is 79.6 Å². The molecule has 0 saturated carbocycles. The van der Waals surface area contributed by atoms with Crippen LogP contribution in [0.4, 0.5) is 5.69 Å². The van der Waals surface area contributed by atoms with E-state index in [0.29, 0.717) is 31.9 Å². The molecule has 38 heavy (non-hydrogen) atoms. The Kier molecular flexibility index (Phi) is 8.81. The van der Waals surface area contributed by atoms with E-state index < -0.39 is 21.8 Å². The second-order valence-electron chi connectivity index (χ2n) is 8.23. The Morgan fingerprint density at radius 3 is 2.47 bits per heavy atom. The van der Waals surface area contributed by atoms with E-state index in [1.54, 1.807) is 31.4 Å². The molecule has 1 aliphatic rings. The van der Waals surface area contributed by atoms with Crippen molar-refractivity contribution in [3.05, 3.63) is 76.7 Å². The first-order valence-corrected chi connectivity index (χ1v) is 13.9. The Morgan fingerprint density at radius 2 is 1.76 bits per heavy atom. The third kappa shape index (κ3) is 6.79. The summed E-state index contributed by atoms with van der Waals surface area (Å²) in [6.07, 6.45) is 1.23. The van der Waals surface area contributed by atoms with Crippen LogP contribution in [0.25, 0.3) is 0 Å². The molecular weight excluding hydrogens is 578 g/mol. The molecule has 11 nitrogen and oxygen atoms in total. The highest BCUT2D eigenvalue weighted by atomic mass is 79.9. The first-order valence-electron chi connectivity index (χ1n) is 11.6. The maximum absolute atomic E-state index is 12.5. The number of nitrogens with one attached hydrogen (secondary N) is 2. The molecule has 4 rings (SSSR count). The number of methoxy groups -OCH3 is 1. The molecule has 3 aromatic rings. The quantitative estimate of drug-likeness (QED) is 0.229. The third-order valence-electron chi connectivity index (χ3n) is 5.79. The van der Waals surface area contributed by atoms with Crippen LogP contribution < -0.4 is 19.8 Å². The molecule has 0 atom stereocenters. The summed E-state index contributed by atoms with van der Waals surface area (Å²) < 4.78 is 38.9. The van der Waals surface area contributed by atoms with Gasteiger partial charge in [-0.3, -0.25) is 9.59 Å². The summed E-state index contributed by atoms with van der Waals surface area (Å²) in [4.78, 5) is 28.5. The number of para-hydroxylation sites is 2. The van der Waals surface area contributed by atoms with Crippen molar-refractivity contribution in [1.29, 1.82) is 0 Å². The number of rotatable bonds is 8. The van der Waals surface area contributed by atoms with Crippen molar-refractivity contribution >= 4 is 49.7 Å². The van der Waals surface area contributed by atoms with Crippen LogP contribution in [-0.2, 0) is 26.2 Å². The van der Waals surface area contributed by atoms with Crippen LogP contribution in [0.5, 0.6) is 5.75 Å². The van der Waals surface area contributed by atoms with Gasteiger partial charge in [-0.05, 0) is 48.5 Å². The van der Waals surface area contributed by atoms with Gasteiger partial charge in [0.1, 0.15) is 17.3 Å². The maximum Gasteiger partial charge on any atom is 0.329 e. The second-order valence-corrected chi connectivity index (χ2v) is 10.9. The number of nitrogens with zero attached hydrogens (tertiary/aromatic N) is 3. The average Bonchev–Trinajstić information content (AvgIpc) is 3.39. The second kappa shape index (κ2) is 12.2. The summed E-state index contributed by atoms with van der Waals surface area (Å²) in [7, 11) is -2.10. The first kappa shape index (κ1) is 27.4. The number of benzene rings is 2. The van der Waals surface area contributed by atoms with Crippen molar-refractivity contribution in [2.24, 2.45) is 5.10 Å². The lowest BCUT2D eigenvalue weighted by atomic mass is 10.2.